The van der Waals surface area contributed by atoms with Gasteiger partial charge in [-0.05, 0) is 30.9 Å². The molecule has 2 N–H and O–H groups in total. The van der Waals surface area contributed by atoms with Crippen LogP contribution in [0.4, 0.5) is 8.78 Å². The van der Waals surface area contributed by atoms with Crippen molar-refractivity contribution in [1.82, 2.24) is 5.32 Å². The van der Waals surface area contributed by atoms with E-state index < -0.39 is 29.1 Å². The van der Waals surface area contributed by atoms with Crippen LogP contribution in [0, 0.1) is 17.6 Å². The zero-order valence-corrected chi connectivity index (χ0v) is 12.2. The fraction of sp³-hybridized carbons (Fsp3) is 0.429. The molecule has 1 unspecified atom stereocenters. The number of amides is 1. The van der Waals surface area contributed by atoms with Crippen LogP contribution >= 0.6 is 11.6 Å². The van der Waals surface area contributed by atoms with E-state index in [1.54, 1.807) is 0 Å². The average molecular weight is 320 g/mol. The van der Waals surface area contributed by atoms with Crippen molar-refractivity contribution in [3.8, 4) is 0 Å². The average Bonchev–Trinajstić information content (AvgIpc) is 2.40. The van der Waals surface area contributed by atoms with Crippen molar-refractivity contribution >= 4 is 23.5 Å². The number of aliphatic carboxylic acids is 1. The van der Waals surface area contributed by atoms with Crippen LogP contribution in [0.15, 0.2) is 12.1 Å². The first-order chi connectivity index (χ1) is 9.81. The predicted molar refractivity (Wildman–Crippen MR) is 74.4 cm³/mol. The van der Waals surface area contributed by atoms with Gasteiger partial charge in [0.2, 0.25) is 0 Å². The molecule has 0 saturated heterocycles. The molecule has 0 heterocycles. The Labute approximate surface area is 126 Å². The summed E-state index contributed by atoms with van der Waals surface area (Å²) >= 11 is 5.40. The van der Waals surface area contributed by atoms with Crippen LogP contribution in [-0.4, -0.2) is 23.5 Å². The summed E-state index contributed by atoms with van der Waals surface area (Å²) < 4.78 is 26.7. The summed E-state index contributed by atoms with van der Waals surface area (Å²) in [7, 11) is 0. The topological polar surface area (TPSA) is 66.4 Å². The van der Waals surface area contributed by atoms with Gasteiger partial charge in [-0.3, -0.25) is 9.59 Å². The third-order valence-electron chi connectivity index (χ3n) is 3.03. The van der Waals surface area contributed by atoms with Gasteiger partial charge in [-0.2, -0.15) is 0 Å². The van der Waals surface area contributed by atoms with E-state index in [-0.39, 0.29) is 23.9 Å². The second-order valence-corrected chi connectivity index (χ2v) is 5.24. The van der Waals surface area contributed by atoms with Gasteiger partial charge >= 0.3 is 5.97 Å². The number of rotatable bonds is 7. The lowest BCUT2D eigenvalue weighted by atomic mass is 10.0. The number of carbonyl (C=O) groups excluding carboxylic acids is 1. The molecule has 0 bridgehead atoms. The number of nitrogens with one attached hydrogen (secondary N) is 1. The lowest BCUT2D eigenvalue weighted by Gasteiger charge is -2.11. The van der Waals surface area contributed by atoms with Gasteiger partial charge in [0.25, 0.3) is 5.91 Å². The van der Waals surface area contributed by atoms with E-state index in [1.807, 2.05) is 6.92 Å². The molecular weight excluding hydrogens is 304 g/mol. The number of halogens is 3. The first-order valence-corrected chi connectivity index (χ1v) is 6.83. The van der Waals surface area contributed by atoms with Crippen LogP contribution in [0.1, 0.15) is 36.5 Å². The normalized spacial score (nSPS) is 12.0. The number of carboxylic acid groups (broad SMARTS) is 1. The summed E-state index contributed by atoms with van der Waals surface area (Å²) in [6.45, 7) is 2.11. The predicted octanol–water partition coefficient (Wildman–Crippen LogP) is 3.24. The molecule has 0 spiro atoms. The van der Waals surface area contributed by atoms with Crippen LogP contribution in [0.5, 0.6) is 0 Å². The minimum absolute atomic E-state index is 0.0616. The van der Waals surface area contributed by atoms with Crippen LogP contribution in [0.2, 0.25) is 5.02 Å². The Hall–Kier alpha value is -1.69. The van der Waals surface area contributed by atoms with Gasteiger partial charge in [0.15, 0.2) is 0 Å². The minimum Gasteiger partial charge on any atom is -0.481 e. The first-order valence-electron chi connectivity index (χ1n) is 6.45. The molecule has 1 amide bonds. The molecule has 0 aromatic heterocycles. The third-order valence-corrected chi connectivity index (χ3v) is 3.32. The van der Waals surface area contributed by atoms with Crippen molar-refractivity contribution in [2.24, 2.45) is 5.92 Å². The molecule has 1 atom stereocenters. The molecular formula is C14H16ClF2NO3. The van der Waals surface area contributed by atoms with Gasteiger partial charge in [-0.15, -0.1) is 0 Å². The van der Waals surface area contributed by atoms with Crippen molar-refractivity contribution in [2.75, 3.05) is 6.54 Å². The molecule has 1 aromatic rings. The summed E-state index contributed by atoms with van der Waals surface area (Å²) in [5.41, 5.74) is -0.407. The highest BCUT2D eigenvalue weighted by Crippen LogP contribution is 2.19. The van der Waals surface area contributed by atoms with Gasteiger partial charge in [0, 0.05) is 13.0 Å². The highest BCUT2D eigenvalue weighted by Gasteiger charge is 2.15. The molecule has 0 aliphatic carbocycles. The standard InChI is InChI=1S/C14H16ClF2NO3/c1-8(2-3-13(19)20)4-5-18-14(21)9-6-12(17)10(15)7-11(9)16/h6-8H,2-5H2,1H3,(H,18,21)(H,19,20). The molecule has 21 heavy (non-hydrogen) atoms. The Bertz CT molecular complexity index is 537. The maximum Gasteiger partial charge on any atom is 0.303 e. The molecule has 4 nitrogen and oxygen atoms in total. The largest absolute Gasteiger partial charge is 0.481 e. The summed E-state index contributed by atoms with van der Waals surface area (Å²) in [6.07, 6.45) is 1.11. The Balaban J connectivity index is 2.47. The summed E-state index contributed by atoms with van der Waals surface area (Å²) in [5.74, 6) is -3.25. The Morgan fingerprint density at radius 3 is 2.57 bits per heavy atom. The number of hydrogen-bond acceptors (Lipinski definition) is 2. The first kappa shape index (κ1) is 17.4. The van der Waals surface area contributed by atoms with E-state index in [0.29, 0.717) is 12.8 Å². The van der Waals surface area contributed by atoms with Crippen molar-refractivity contribution in [3.05, 3.63) is 34.4 Å². The van der Waals surface area contributed by atoms with Crippen LogP contribution in [0.25, 0.3) is 0 Å². The van der Waals surface area contributed by atoms with E-state index in [1.165, 1.54) is 0 Å². The molecule has 0 aliphatic heterocycles. The summed E-state index contributed by atoms with van der Waals surface area (Å²) in [5, 5.41) is 10.6. The number of carbonyl (C=O) groups is 2. The minimum atomic E-state index is -0.891. The molecule has 0 radical (unpaired) electrons. The van der Waals surface area contributed by atoms with Gasteiger partial charge < -0.3 is 10.4 Å². The second kappa shape index (κ2) is 7.93. The van der Waals surface area contributed by atoms with Gasteiger partial charge in [-0.25, -0.2) is 8.78 Å². The maximum atomic E-state index is 13.5. The van der Waals surface area contributed by atoms with E-state index >= 15 is 0 Å². The van der Waals surface area contributed by atoms with Gasteiger partial charge in [-0.1, -0.05) is 18.5 Å². The number of carboxylic acids is 1. The molecule has 1 aromatic carbocycles. The van der Waals surface area contributed by atoms with Crippen LogP contribution < -0.4 is 5.32 Å². The van der Waals surface area contributed by atoms with Gasteiger partial charge in [0.05, 0.1) is 10.6 Å². The van der Waals surface area contributed by atoms with Crippen molar-refractivity contribution in [2.45, 2.75) is 26.2 Å². The Morgan fingerprint density at radius 1 is 1.29 bits per heavy atom. The third kappa shape index (κ3) is 5.67. The van der Waals surface area contributed by atoms with Gasteiger partial charge in [0.1, 0.15) is 11.6 Å². The zero-order chi connectivity index (χ0) is 16.0. The quantitative estimate of drug-likeness (QED) is 0.758. The van der Waals surface area contributed by atoms with Crippen molar-refractivity contribution < 1.29 is 23.5 Å². The second-order valence-electron chi connectivity index (χ2n) is 4.83. The summed E-state index contributed by atoms with van der Waals surface area (Å²) in [4.78, 5) is 22.1. The molecule has 1 rings (SSSR count). The fourth-order valence-electron chi connectivity index (χ4n) is 1.74. The monoisotopic (exact) mass is 319 g/mol. The Kier molecular flexibility index (Phi) is 6.55. The SMILES string of the molecule is CC(CCNC(=O)c1cc(F)c(Cl)cc1F)CCC(=O)O. The lowest BCUT2D eigenvalue weighted by molar-refractivity contribution is -0.137. The molecule has 116 valence electrons. The lowest BCUT2D eigenvalue weighted by Crippen LogP contribution is -2.26. The fourth-order valence-corrected chi connectivity index (χ4v) is 1.89. The van der Waals surface area contributed by atoms with E-state index in [0.717, 1.165) is 12.1 Å². The zero-order valence-electron chi connectivity index (χ0n) is 11.5. The maximum absolute atomic E-state index is 13.5. The highest BCUT2D eigenvalue weighted by molar-refractivity contribution is 6.30. The molecule has 0 fully saturated rings. The van der Waals surface area contributed by atoms with Crippen LogP contribution in [-0.2, 0) is 4.79 Å². The molecule has 0 saturated carbocycles. The van der Waals surface area contributed by atoms with E-state index in [4.69, 9.17) is 16.7 Å². The van der Waals surface area contributed by atoms with Crippen LogP contribution in [0.3, 0.4) is 0 Å². The number of benzene rings is 1. The highest BCUT2D eigenvalue weighted by atomic mass is 35.5. The molecule has 7 heteroatoms. The van der Waals surface area contributed by atoms with E-state index in [2.05, 4.69) is 5.32 Å². The smallest absolute Gasteiger partial charge is 0.303 e. The van der Waals surface area contributed by atoms with Crippen molar-refractivity contribution in [3.63, 3.8) is 0 Å². The number of hydrogen-bond donors (Lipinski definition) is 2. The van der Waals surface area contributed by atoms with Crippen molar-refractivity contribution in [1.29, 1.82) is 0 Å². The summed E-state index contributed by atoms with van der Waals surface area (Å²) in [6, 6.07) is 1.50. The Morgan fingerprint density at radius 2 is 1.95 bits per heavy atom. The molecule has 0 aliphatic rings. The van der Waals surface area contributed by atoms with E-state index in [9.17, 15) is 18.4 Å².